The van der Waals surface area contributed by atoms with E-state index in [9.17, 15) is 9.18 Å². The Morgan fingerprint density at radius 2 is 2.07 bits per heavy atom. The summed E-state index contributed by atoms with van der Waals surface area (Å²) in [5.74, 6) is -0.458. The first-order valence-corrected chi connectivity index (χ1v) is 10.3. The molecule has 0 aliphatic carbocycles. The van der Waals surface area contributed by atoms with Crippen molar-refractivity contribution in [3.8, 4) is 0 Å². The molecule has 1 aromatic heterocycles. The standard InChI is InChI=1S/C21H24FNO5S/c22-18-3-1-15(2-4-18)13-23-21(25)19-11-17(16-5-10-29-14-16)12-20(28-19)27-9-8-26-7-6-24/h1-5,10-11,14,17,20,24H,6-9,12-13H2,(H,23,25)/t17-,20+/m0/s1. The Kier molecular flexibility index (Phi) is 8.18. The van der Waals surface area contributed by atoms with Crippen LogP contribution in [0.25, 0.3) is 0 Å². The molecule has 0 fully saturated rings. The Morgan fingerprint density at radius 1 is 1.24 bits per heavy atom. The van der Waals surface area contributed by atoms with E-state index in [2.05, 4.69) is 5.32 Å². The van der Waals surface area contributed by atoms with Gasteiger partial charge in [-0.05, 0) is 46.2 Å². The van der Waals surface area contributed by atoms with Crippen molar-refractivity contribution in [1.29, 1.82) is 0 Å². The number of rotatable bonds is 10. The molecular weight excluding hydrogens is 397 g/mol. The molecule has 156 valence electrons. The van der Waals surface area contributed by atoms with E-state index < -0.39 is 6.29 Å². The number of nitrogens with one attached hydrogen (secondary N) is 1. The quantitative estimate of drug-likeness (QED) is 0.577. The molecule has 0 saturated carbocycles. The van der Waals surface area contributed by atoms with Gasteiger partial charge in [0.2, 0.25) is 6.29 Å². The van der Waals surface area contributed by atoms with E-state index in [0.29, 0.717) is 19.6 Å². The number of hydrogen-bond donors (Lipinski definition) is 2. The van der Waals surface area contributed by atoms with Gasteiger partial charge < -0.3 is 24.6 Å². The molecule has 1 amide bonds. The maximum absolute atomic E-state index is 13.0. The first-order valence-electron chi connectivity index (χ1n) is 9.39. The average Bonchev–Trinajstić information content (AvgIpc) is 3.28. The molecule has 2 N–H and O–H groups in total. The molecule has 2 heterocycles. The van der Waals surface area contributed by atoms with E-state index in [-0.39, 0.29) is 43.2 Å². The van der Waals surface area contributed by atoms with E-state index in [1.54, 1.807) is 23.5 Å². The molecule has 0 radical (unpaired) electrons. The molecule has 1 aliphatic heterocycles. The lowest BCUT2D eigenvalue weighted by atomic mass is 9.95. The summed E-state index contributed by atoms with van der Waals surface area (Å²) in [6.07, 6.45) is 1.82. The Balaban J connectivity index is 1.60. The number of halogens is 1. The van der Waals surface area contributed by atoms with Crippen molar-refractivity contribution in [1.82, 2.24) is 5.32 Å². The highest BCUT2D eigenvalue weighted by Crippen LogP contribution is 2.32. The van der Waals surface area contributed by atoms with Crippen LogP contribution in [-0.4, -0.2) is 43.7 Å². The zero-order valence-electron chi connectivity index (χ0n) is 15.9. The lowest BCUT2D eigenvalue weighted by Crippen LogP contribution is -2.33. The van der Waals surface area contributed by atoms with Crippen molar-refractivity contribution in [3.63, 3.8) is 0 Å². The van der Waals surface area contributed by atoms with Gasteiger partial charge in [0.05, 0.1) is 26.4 Å². The van der Waals surface area contributed by atoms with Crippen LogP contribution in [0.4, 0.5) is 4.39 Å². The summed E-state index contributed by atoms with van der Waals surface area (Å²) in [6.45, 7) is 1.11. The third kappa shape index (κ3) is 6.64. The summed E-state index contributed by atoms with van der Waals surface area (Å²) < 4.78 is 29.7. The van der Waals surface area contributed by atoms with Crippen molar-refractivity contribution in [2.75, 3.05) is 26.4 Å². The fourth-order valence-corrected chi connectivity index (χ4v) is 3.64. The van der Waals surface area contributed by atoms with Gasteiger partial charge in [0.1, 0.15) is 5.82 Å². The van der Waals surface area contributed by atoms with Gasteiger partial charge in [0, 0.05) is 18.9 Å². The molecule has 0 unspecified atom stereocenters. The van der Waals surface area contributed by atoms with Crippen LogP contribution in [0, 0.1) is 5.82 Å². The molecule has 2 atom stereocenters. The van der Waals surface area contributed by atoms with Crippen molar-refractivity contribution >= 4 is 17.2 Å². The van der Waals surface area contributed by atoms with Crippen LogP contribution < -0.4 is 5.32 Å². The van der Waals surface area contributed by atoms with Crippen LogP contribution in [0.5, 0.6) is 0 Å². The number of carbonyl (C=O) groups is 1. The maximum Gasteiger partial charge on any atom is 0.286 e. The van der Waals surface area contributed by atoms with Crippen molar-refractivity contribution in [3.05, 3.63) is 69.9 Å². The minimum absolute atomic E-state index is 0.00457. The first-order chi connectivity index (χ1) is 14.2. The Morgan fingerprint density at radius 3 is 2.79 bits per heavy atom. The minimum Gasteiger partial charge on any atom is -0.459 e. The minimum atomic E-state index is -0.575. The zero-order valence-corrected chi connectivity index (χ0v) is 16.7. The van der Waals surface area contributed by atoms with Gasteiger partial charge in [-0.1, -0.05) is 12.1 Å². The average molecular weight is 421 g/mol. The van der Waals surface area contributed by atoms with Gasteiger partial charge in [-0.15, -0.1) is 0 Å². The summed E-state index contributed by atoms with van der Waals surface area (Å²) in [6, 6.07) is 7.98. The summed E-state index contributed by atoms with van der Waals surface area (Å²) in [5.41, 5.74) is 1.90. The highest BCUT2D eigenvalue weighted by molar-refractivity contribution is 7.08. The van der Waals surface area contributed by atoms with Crippen molar-refractivity contribution < 1.29 is 28.5 Å². The normalized spacial score (nSPS) is 18.8. The molecule has 8 heteroatoms. The number of allylic oxidation sites excluding steroid dienone is 1. The molecule has 0 spiro atoms. The topological polar surface area (TPSA) is 77.0 Å². The summed E-state index contributed by atoms with van der Waals surface area (Å²) >= 11 is 1.59. The molecule has 0 saturated heterocycles. The highest BCUT2D eigenvalue weighted by atomic mass is 32.1. The largest absolute Gasteiger partial charge is 0.459 e. The Labute approximate surface area is 172 Å². The molecule has 2 aromatic rings. The van der Waals surface area contributed by atoms with Crippen LogP contribution in [0.2, 0.25) is 0 Å². The van der Waals surface area contributed by atoms with Crippen LogP contribution in [0.15, 0.2) is 52.9 Å². The predicted molar refractivity (Wildman–Crippen MR) is 107 cm³/mol. The third-order valence-corrected chi connectivity index (χ3v) is 5.09. The smallest absolute Gasteiger partial charge is 0.286 e. The predicted octanol–water partition coefficient (Wildman–Crippen LogP) is 2.94. The lowest BCUT2D eigenvalue weighted by molar-refractivity contribution is -0.151. The van der Waals surface area contributed by atoms with Crippen molar-refractivity contribution in [2.24, 2.45) is 0 Å². The number of amides is 1. The molecule has 0 bridgehead atoms. The number of benzene rings is 1. The second kappa shape index (κ2) is 11.1. The Bertz CT molecular complexity index is 794. The van der Waals surface area contributed by atoms with Gasteiger partial charge in [0.25, 0.3) is 5.91 Å². The second-order valence-electron chi connectivity index (χ2n) is 6.49. The lowest BCUT2D eigenvalue weighted by Gasteiger charge is -2.29. The highest BCUT2D eigenvalue weighted by Gasteiger charge is 2.28. The fraction of sp³-hybridized carbons (Fsp3) is 0.381. The number of hydrogen-bond acceptors (Lipinski definition) is 6. The number of aliphatic hydroxyl groups is 1. The van der Waals surface area contributed by atoms with Crippen LogP contribution in [0.3, 0.4) is 0 Å². The van der Waals surface area contributed by atoms with Gasteiger partial charge in [0.15, 0.2) is 5.76 Å². The molecular formula is C21H24FNO5S. The molecule has 1 aromatic carbocycles. The second-order valence-corrected chi connectivity index (χ2v) is 7.27. The number of thiophene rings is 1. The van der Waals surface area contributed by atoms with E-state index in [1.165, 1.54) is 12.1 Å². The summed E-state index contributed by atoms with van der Waals surface area (Å²) in [7, 11) is 0. The van der Waals surface area contributed by atoms with E-state index >= 15 is 0 Å². The summed E-state index contributed by atoms with van der Waals surface area (Å²) in [4.78, 5) is 12.6. The molecule has 3 rings (SSSR count). The molecule has 6 nitrogen and oxygen atoms in total. The Hall–Kier alpha value is -2.26. The van der Waals surface area contributed by atoms with Crippen LogP contribution in [0.1, 0.15) is 23.5 Å². The third-order valence-electron chi connectivity index (χ3n) is 4.39. The zero-order chi connectivity index (χ0) is 20.5. The molecule has 29 heavy (non-hydrogen) atoms. The van der Waals surface area contributed by atoms with Gasteiger partial charge in [-0.25, -0.2) is 4.39 Å². The maximum atomic E-state index is 13.0. The van der Waals surface area contributed by atoms with Crippen LogP contribution in [-0.2, 0) is 25.5 Å². The van der Waals surface area contributed by atoms with E-state index in [0.717, 1.165) is 11.1 Å². The fourth-order valence-electron chi connectivity index (χ4n) is 2.91. The first kappa shape index (κ1) is 21.4. The monoisotopic (exact) mass is 421 g/mol. The van der Waals surface area contributed by atoms with Gasteiger partial charge in [-0.3, -0.25) is 4.79 Å². The van der Waals surface area contributed by atoms with E-state index in [1.807, 2.05) is 22.9 Å². The number of aliphatic hydroxyl groups excluding tert-OH is 1. The SMILES string of the molecule is O=C(NCc1ccc(F)cc1)C1=C[C@H](c2ccsc2)C[C@H](OCCOCCO)O1. The summed E-state index contributed by atoms with van der Waals surface area (Å²) in [5, 5.41) is 15.6. The van der Waals surface area contributed by atoms with Gasteiger partial charge >= 0.3 is 0 Å². The molecule has 1 aliphatic rings. The van der Waals surface area contributed by atoms with E-state index in [4.69, 9.17) is 19.3 Å². The van der Waals surface area contributed by atoms with Crippen molar-refractivity contribution in [2.45, 2.75) is 25.2 Å². The van der Waals surface area contributed by atoms with Crippen LogP contribution >= 0.6 is 11.3 Å². The number of carbonyl (C=O) groups excluding carboxylic acids is 1. The number of ether oxygens (including phenoxy) is 3. The van der Waals surface area contributed by atoms with Gasteiger partial charge in [-0.2, -0.15) is 11.3 Å².